The van der Waals surface area contributed by atoms with Crippen LogP contribution in [0.25, 0.3) is 0 Å². The van der Waals surface area contributed by atoms with Crippen molar-refractivity contribution in [1.29, 1.82) is 0 Å². The van der Waals surface area contributed by atoms with Gasteiger partial charge in [-0.15, -0.1) is 0 Å². The van der Waals surface area contributed by atoms with Crippen LogP contribution in [0.15, 0.2) is 46.0 Å². The molecular formula is C17H20BrClO2. The summed E-state index contributed by atoms with van der Waals surface area (Å²) >= 11 is 9.20. The Balaban J connectivity index is 2.49. The molecule has 1 aromatic carbocycles. The molecule has 114 valence electrons. The molecule has 0 heterocycles. The van der Waals surface area contributed by atoms with Gasteiger partial charge in [0.2, 0.25) is 0 Å². The third-order valence-electron chi connectivity index (χ3n) is 2.89. The molecule has 0 aliphatic rings. The molecule has 4 heteroatoms. The maximum Gasteiger partial charge on any atom is 0.339 e. The van der Waals surface area contributed by atoms with Gasteiger partial charge in [0.15, 0.2) is 0 Å². The molecule has 0 saturated heterocycles. The van der Waals surface area contributed by atoms with Crippen LogP contribution in [0.4, 0.5) is 0 Å². The third kappa shape index (κ3) is 6.96. The Morgan fingerprint density at radius 3 is 2.67 bits per heavy atom. The van der Waals surface area contributed by atoms with Crippen LogP contribution in [0.1, 0.15) is 44.0 Å². The molecule has 0 N–H and O–H groups in total. The molecule has 0 aliphatic heterocycles. The number of hydrogen-bond donors (Lipinski definition) is 0. The fourth-order valence-corrected chi connectivity index (χ4v) is 2.26. The summed E-state index contributed by atoms with van der Waals surface area (Å²) in [6.07, 6.45) is 6.13. The van der Waals surface area contributed by atoms with E-state index < -0.39 is 0 Å². The van der Waals surface area contributed by atoms with Gasteiger partial charge in [0.25, 0.3) is 0 Å². The summed E-state index contributed by atoms with van der Waals surface area (Å²) in [5.41, 5.74) is 2.98. The van der Waals surface area contributed by atoms with Crippen molar-refractivity contribution in [2.45, 2.75) is 33.6 Å². The second-order valence-electron chi connectivity index (χ2n) is 5.09. The number of benzene rings is 1. The lowest BCUT2D eigenvalue weighted by Gasteiger charge is -2.05. The summed E-state index contributed by atoms with van der Waals surface area (Å²) in [7, 11) is 0. The standard InChI is InChI=1S/C17H20BrClO2/c1-12(2)5-4-6-13(3)9-10-21-17(20)15-11-14(19)7-8-16(15)18/h5,7-9,11H,4,6,10H2,1-3H3/b13-9+. The van der Waals surface area contributed by atoms with E-state index in [4.69, 9.17) is 16.3 Å². The van der Waals surface area contributed by atoms with Gasteiger partial charge >= 0.3 is 5.97 Å². The summed E-state index contributed by atoms with van der Waals surface area (Å²) in [5.74, 6) is -0.377. The molecule has 0 bridgehead atoms. The van der Waals surface area contributed by atoms with E-state index in [0.717, 1.165) is 12.8 Å². The Bertz CT molecular complexity index is 558. The van der Waals surface area contributed by atoms with Crippen molar-refractivity contribution in [2.24, 2.45) is 0 Å². The average molecular weight is 372 g/mol. The summed E-state index contributed by atoms with van der Waals surface area (Å²) in [6.45, 7) is 6.49. The largest absolute Gasteiger partial charge is 0.458 e. The molecule has 1 aromatic rings. The Morgan fingerprint density at radius 1 is 1.29 bits per heavy atom. The molecule has 21 heavy (non-hydrogen) atoms. The van der Waals surface area contributed by atoms with E-state index in [2.05, 4.69) is 35.9 Å². The van der Waals surface area contributed by atoms with Gasteiger partial charge in [0, 0.05) is 9.50 Å². The molecule has 0 unspecified atom stereocenters. The van der Waals surface area contributed by atoms with E-state index in [-0.39, 0.29) is 12.6 Å². The van der Waals surface area contributed by atoms with Crippen molar-refractivity contribution in [1.82, 2.24) is 0 Å². The quantitative estimate of drug-likeness (QED) is 0.456. The molecule has 0 aliphatic carbocycles. The molecule has 1 rings (SSSR count). The number of esters is 1. The van der Waals surface area contributed by atoms with Gasteiger partial charge in [-0.2, -0.15) is 0 Å². The molecule has 0 spiro atoms. The van der Waals surface area contributed by atoms with Crippen LogP contribution in [-0.4, -0.2) is 12.6 Å². The average Bonchev–Trinajstić information content (AvgIpc) is 2.41. The topological polar surface area (TPSA) is 26.3 Å². The first-order valence-corrected chi connectivity index (χ1v) is 7.98. The highest BCUT2D eigenvalue weighted by Crippen LogP contribution is 2.22. The Kier molecular flexibility index (Phi) is 7.76. The number of ether oxygens (including phenoxy) is 1. The van der Waals surface area contributed by atoms with Gasteiger partial charge in [-0.3, -0.25) is 0 Å². The second kappa shape index (κ2) is 9.06. The Hall–Kier alpha value is -1.06. The van der Waals surface area contributed by atoms with Crippen molar-refractivity contribution in [3.05, 3.63) is 56.6 Å². The fourth-order valence-electron chi connectivity index (χ4n) is 1.68. The van der Waals surface area contributed by atoms with Gasteiger partial charge in [-0.05, 0) is 73.8 Å². The normalized spacial score (nSPS) is 11.2. The number of carbonyl (C=O) groups excluding carboxylic acids is 1. The van der Waals surface area contributed by atoms with Crippen molar-refractivity contribution in [2.75, 3.05) is 6.61 Å². The number of hydrogen-bond acceptors (Lipinski definition) is 2. The van der Waals surface area contributed by atoms with Crippen LogP contribution in [-0.2, 0) is 4.74 Å². The summed E-state index contributed by atoms with van der Waals surface area (Å²) < 4.78 is 5.92. The number of carbonyl (C=O) groups is 1. The van der Waals surface area contributed by atoms with Crippen molar-refractivity contribution in [3.63, 3.8) is 0 Å². The van der Waals surface area contributed by atoms with Gasteiger partial charge in [-0.25, -0.2) is 4.79 Å². The van der Waals surface area contributed by atoms with Gasteiger partial charge in [0.1, 0.15) is 6.61 Å². The highest BCUT2D eigenvalue weighted by molar-refractivity contribution is 9.10. The van der Waals surface area contributed by atoms with E-state index in [9.17, 15) is 4.79 Å². The zero-order valence-electron chi connectivity index (χ0n) is 12.6. The van der Waals surface area contributed by atoms with Gasteiger partial charge < -0.3 is 4.74 Å². The lowest BCUT2D eigenvalue weighted by molar-refractivity contribution is 0.0548. The molecule has 0 fully saturated rings. The van der Waals surface area contributed by atoms with Gasteiger partial charge in [0.05, 0.1) is 5.56 Å². The molecule has 0 saturated carbocycles. The van der Waals surface area contributed by atoms with E-state index in [0.29, 0.717) is 15.1 Å². The lowest BCUT2D eigenvalue weighted by Crippen LogP contribution is -2.06. The van der Waals surface area contributed by atoms with E-state index in [1.54, 1.807) is 18.2 Å². The van der Waals surface area contributed by atoms with E-state index in [1.807, 2.05) is 13.0 Å². The second-order valence-corrected chi connectivity index (χ2v) is 6.38. The fraction of sp³-hybridized carbons (Fsp3) is 0.353. The summed E-state index contributed by atoms with van der Waals surface area (Å²) in [4.78, 5) is 12.0. The number of rotatable bonds is 6. The number of allylic oxidation sites excluding steroid dienone is 3. The Labute approximate surface area is 140 Å². The van der Waals surface area contributed by atoms with Crippen LogP contribution >= 0.6 is 27.5 Å². The van der Waals surface area contributed by atoms with Crippen LogP contribution in [0.2, 0.25) is 5.02 Å². The van der Waals surface area contributed by atoms with Crippen LogP contribution in [0.5, 0.6) is 0 Å². The minimum atomic E-state index is -0.377. The molecule has 0 radical (unpaired) electrons. The highest BCUT2D eigenvalue weighted by Gasteiger charge is 2.11. The molecular weight excluding hydrogens is 352 g/mol. The third-order valence-corrected chi connectivity index (χ3v) is 3.81. The maximum atomic E-state index is 12.0. The van der Waals surface area contributed by atoms with Crippen molar-refractivity contribution in [3.8, 4) is 0 Å². The zero-order valence-corrected chi connectivity index (χ0v) is 14.9. The maximum absolute atomic E-state index is 12.0. The lowest BCUT2D eigenvalue weighted by atomic mass is 10.1. The first-order chi connectivity index (χ1) is 9.90. The van der Waals surface area contributed by atoms with Crippen LogP contribution < -0.4 is 0 Å². The highest BCUT2D eigenvalue weighted by atomic mass is 79.9. The zero-order chi connectivity index (χ0) is 15.8. The van der Waals surface area contributed by atoms with Crippen LogP contribution in [0, 0.1) is 0 Å². The van der Waals surface area contributed by atoms with E-state index in [1.165, 1.54) is 11.1 Å². The molecule has 0 amide bonds. The molecule has 2 nitrogen and oxygen atoms in total. The predicted molar refractivity (Wildman–Crippen MR) is 91.9 cm³/mol. The van der Waals surface area contributed by atoms with Crippen molar-refractivity contribution >= 4 is 33.5 Å². The van der Waals surface area contributed by atoms with E-state index >= 15 is 0 Å². The molecule has 0 atom stereocenters. The first-order valence-electron chi connectivity index (χ1n) is 6.81. The van der Waals surface area contributed by atoms with Crippen LogP contribution in [0.3, 0.4) is 0 Å². The summed E-state index contributed by atoms with van der Waals surface area (Å²) in [5, 5.41) is 0.513. The number of halogens is 2. The Morgan fingerprint density at radius 2 is 2.00 bits per heavy atom. The SMILES string of the molecule is CC(C)=CCC/C(C)=C/COC(=O)c1cc(Cl)ccc1Br. The minimum absolute atomic E-state index is 0.276. The van der Waals surface area contributed by atoms with Crippen molar-refractivity contribution < 1.29 is 9.53 Å². The monoisotopic (exact) mass is 370 g/mol. The summed E-state index contributed by atoms with van der Waals surface area (Å²) in [6, 6.07) is 5.05. The first kappa shape index (κ1) is 18.0. The smallest absolute Gasteiger partial charge is 0.339 e. The van der Waals surface area contributed by atoms with Gasteiger partial charge in [-0.1, -0.05) is 28.8 Å². The molecule has 0 aromatic heterocycles. The minimum Gasteiger partial charge on any atom is -0.458 e. The predicted octanol–water partition coefficient (Wildman–Crippen LogP) is 5.95.